The van der Waals surface area contributed by atoms with Crippen molar-refractivity contribution in [3.8, 4) is 0 Å². The summed E-state index contributed by atoms with van der Waals surface area (Å²) in [6.45, 7) is 6.52. The molecule has 1 aromatic heterocycles. The first-order valence-electron chi connectivity index (χ1n) is 4.92. The molecule has 0 saturated heterocycles. The first-order chi connectivity index (χ1) is 6.09. The lowest BCUT2D eigenvalue weighted by Gasteiger charge is -2.31. The number of hydrogen-bond acceptors (Lipinski definition) is 2. The maximum atomic E-state index is 4.50. The highest BCUT2D eigenvalue weighted by molar-refractivity contribution is 5.28. The van der Waals surface area contributed by atoms with E-state index in [1.165, 1.54) is 24.1 Å². The smallest absolute Gasteiger partial charge is 0.125 e. The second-order valence-corrected chi connectivity index (χ2v) is 4.52. The molecule has 0 amide bonds. The summed E-state index contributed by atoms with van der Waals surface area (Å²) < 4.78 is 0. The summed E-state index contributed by atoms with van der Waals surface area (Å²) in [4.78, 5) is 8.78. The highest BCUT2D eigenvalue weighted by atomic mass is 14.9. The average Bonchev–Trinajstić information content (AvgIpc) is 2.02. The first kappa shape index (κ1) is 8.67. The van der Waals surface area contributed by atoms with Crippen molar-refractivity contribution in [2.24, 2.45) is 0 Å². The van der Waals surface area contributed by atoms with Gasteiger partial charge in [0, 0.05) is 11.9 Å². The van der Waals surface area contributed by atoms with E-state index in [0.29, 0.717) is 0 Å². The summed E-state index contributed by atoms with van der Waals surface area (Å²) in [7, 11) is 0. The van der Waals surface area contributed by atoms with Crippen LogP contribution in [0.2, 0.25) is 0 Å². The molecule has 0 aromatic carbocycles. The molecule has 0 radical (unpaired) electrons. The van der Waals surface area contributed by atoms with E-state index in [1.807, 2.05) is 13.1 Å². The van der Waals surface area contributed by atoms with Crippen molar-refractivity contribution in [1.82, 2.24) is 9.97 Å². The number of nitrogens with zero attached hydrogens (tertiary/aromatic N) is 2. The Bertz CT molecular complexity index is 329. The zero-order valence-electron chi connectivity index (χ0n) is 8.59. The van der Waals surface area contributed by atoms with Crippen molar-refractivity contribution >= 4 is 0 Å². The summed E-state index contributed by atoms with van der Waals surface area (Å²) in [5.41, 5.74) is 2.90. The molecule has 0 atom stereocenters. The minimum absolute atomic E-state index is 0.279. The van der Waals surface area contributed by atoms with Crippen LogP contribution in [0.25, 0.3) is 0 Å². The zero-order chi connectivity index (χ0) is 9.47. The van der Waals surface area contributed by atoms with Gasteiger partial charge in [0.1, 0.15) is 5.82 Å². The van der Waals surface area contributed by atoms with Crippen LogP contribution < -0.4 is 0 Å². The van der Waals surface area contributed by atoms with E-state index >= 15 is 0 Å². The van der Waals surface area contributed by atoms with Gasteiger partial charge in [-0.05, 0) is 37.2 Å². The normalized spacial score (nSPS) is 19.6. The topological polar surface area (TPSA) is 25.8 Å². The number of rotatable bonds is 0. The van der Waals surface area contributed by atoms with E-state index in [-0.39, 0.29) is 5.41 Å². The largest absolute Gasteiger partial charge is 0.241 e. The van der Waals surface area contributed by atoms with Crippen LogP contribution in [0.15, 0.2) is 6.20 Å². The first-order valence-corrected chi connectivity index (χ1v) is 4.92. The van der Waals surface area contributed by atoms with Crippen molar-refractivity contribution in [2.75, 3.05) is 0 Å². The molecule has 0 saturated carbocycles. The monoisotopic (exact) mass is 176 g/mol. The average molecular weight is 176 g/mol. The molecule has 1 aliphatic rings. The van der Waals surface area contributed by atoms with Gasteiger partial charge in [-0.3, -0.25) is 0 Å². The molecule has 2 rings (SSSR count). The minimum Gasteiger partial charge on any atom is -0.241 e. The molecule has 0 N–H and O–H groups in total. The third-order valence-corrected chi connectivity index (χ3v) is 2.93. The lowest BCUT2D eigenvalue weighted by molar-refractivity contribution is 0.423. The predicted molar refractivity (Wildman–Crippen MR) is 52.7 cm³/mol. The van der Waals surface area contributed by atoms with Gasteiger partial charge in [-0.15, -0.1) is 0 Å². The summed E-state index contributed by atoms with van der Waals surface area (Å²) in [5, 5.41) is 0. The third kappa shape index (κ3) is 1.45. The van der Waals surface area contributed by atoms with Crippen molar-refractivity contribution in [3.05, 3.63) is 23.3 Å². The van der Waals surface area contributed by atoms with Crippen LogP contribution >= 0.6 is 0 Å². The van der Waals surface area contributed by atoms with Gasteiger partial charge in [-0.25, -0.2) is 9.97 Å². The van der Waals surface area contributed by atoms with Gasteiger partial charge in [-0.1, -0.05) is 13.8 Å². The maximum Gasteiger partial charge on any atom is 0.125 e. The van der Waals surface area contributed by atoms with Crippen LogP contribution in [0.4, 0.5) is 0 Å². The molecule has 1 aliphatic carbocycles. The van der Waals surface area contributed by atoms with Crippen LogP contribution in [0.3, 0.4) is 0 Å². The summed E-state index contributed by atoms with van der Waals surface area (Å²) in [6, 6.07) is 0. The van der Waals surface area contributed by atoms with Gasteiger partial charge in [0.05, 0.1) is 0 Å². The quantitative estimate of drug-likeness (QED) is 0.606. The third-order valence-electron chi connectivity index (χ3n) is 2.93. The Hall–Kier alpha value is -0.920. The molecule has 2 nitrogen and oxygen atoms in total. The molecule has 0 fully saturated rings. The van der Waals surface area contributed by atoms with Crippen molar-refractivity contribution in [2.45, 2.75) is 45.4 Å². The Morgan fingerprint density at radius 3 is 2.92 bits per heavy atom. The molecule has 70 valence electrons. The van der Waals surface area contributed by atoms with Gasteiger partial charge in [0.25, 0.3) is 0 Å². The van der Waals surface area contributed by atoms with Gasteiger partial charge in [-0.2, -0.15) is 0 Å². The fraction of sp³-hybridized carbons (Fsp3) is 0.636. The molecule has 0 spiro atoms. The molecule has 0 unspecified atom stereocenters. The fourth-order valence-electron chi connectivity index (χ4n) is 2.11. The van der Waals surface area contributed by atoms with Crippen molar-refractivity contribution in [3.63, 3.8) is 0 Å². The molecule has 13 heavy (non-hydrogen) atoms. The van der Waals surface area contributed by atoms with Crippen LogP contribution in [0.1, 0.15) is 43.8 Å². The summed E-state index contributed by atoms with van der Waals surface area (Å²) in [6.07, 6.45) is 5.65. The molecular formula is C11H16N2. The van der Waals surface area contributed by atoms with Gasteiger partial charge >= 0.3 is 0 Å². The van der Waals surface area contributed by atoms with E-state index in [2.05, 4.69) is 23.8 Å². The lowest BCUT2D eigenvalue weighted by Crippen LogP contribution is -2.25. The standard InChI is InChI=1S/C11H16N2/c1-8-12-7-9-10(13-8)5-4-6-11(9,2)3/h7H,4-6H2,1-3H3. The Morgan fingerprint density at radius 1 is 1.38 bits per heavy atom. The summed E-state index contributed by atoms with van der Waals surface area (Å²) >= 11 is 0. The fourth-order valence-corrected chi connectivity index (χ4v) is 2.11. The van der Waals surface area contributed by atoms with E-state index in [4.69, 9.17) is 0 Å². The van der Waals surface area contributed by atoms with Gasteiger partial charge in [0.15, 0.2) is 0 Å². The number of hydrogen-bond donors (Lipinski definition) is 0. The lowest BCUT2D eigenvalue weighted by atomic mass is 9.75. The second kappa shape index (κ2) is 2.79. The van der Waals surface area contributed by atoms with Crippen molar-refractivity contribution in [1.29, 1.82) is 0 Å². The van der Waals surface area contributed by atoms with Crippen molar-refractivity contribution < 1.29 is 0 Å². The van der Waals surface area contributed by atoms with E-state index < -0.39 is 0 Å². The number of aromatic nitrogens is 2. The summed E-state index contributed by atoms with van der Waals surface area (Å²) in [5.74, 6) is 0.899. The maximum absolute atomic E-state index is 4.50. The van der Waals surface area contributed by atoms with Gasteiger partial charge < -0.3 is 0 Å². The van der Waals surface area contributed by atoms with E-state index in [0.717, 1.165) is 12.2 Å². The minimum atomic E-state index is 0.279. The van der Waals surface area contributed by atoms with Crippen LogP contribution in [-0.2, 0) is 11.8 Å². The number of aryl methyl sites for hydroxylation is 2. The molecular weight excluding hydrogens is 160 g/mol. The zero-order valence-corrected chi connectivity index (χ0v) is 8.59. The van der Waals surface area contributed by atoms with E-state index in [9.17, 15) is 0 Å². The number of fused-ring (bicyclic) bond motifs is 1. The predicted octanol–water partition coefficient (Wildman–Crippen LogP) is 2.40. The highest BCUT2D eigenvalue weighted by Crippen LogP contribution is 2.34. The molecule has 1 heterocycles. The van der Waals surface area contributed by atoms with Crippen LogP contribution in [0.5, 0.6) is 0 Å². The van der Waals surface area contributed by atoms with Crippen LogP contribution in [-0.4, -0.2) is 9.97 Å². The molecule has 1 aromatic rings. The Labute approximate surface area is 79.4 Å². The van der Waals surface area contributed by atoms with E-state index in [1.54, 1.807) is 0 Å². The molecule has 0 aliphatic heterocycles. The Morgan fingerprint density at radius 2 is 2.15 bits per heavy atom. The Kier molecular flexibility index (Phi) is 1.86. The van der Waals surface area contributed by atoms with Gasteiger partial charge in [0.2, 0.25) is 0 Å². The molecule has 2 heteroatoms. The second-order valence-electron chi connectivity index (χ2n) is 4.52. The Balaban J connectivity index is 2.53. The molecule has 0 bridgehead atoms. The SMILES string of the molecule is Cc1ncc2c(n1)CCCC2(C)C. The highest BCUT2D eigenvalue weighted by Gasteiger charge is 2.28. The van der Waals surface area contributed by atoms with Crippen LogP contribution in [0, 0.1) is 6.92 Å².